The molecule has 0 saturated carbocycles. The second kappa shape index (κ2) is 10.4. The van der Waals surface area contributed by atoms with E-state index in [-0.39, 0.29) is 0 Å². The molecule has 0 N–H and O–H groups in total. The van der Waals surface area contributed by atoms with Gasteiger partial charge in [0.25, 0.3) is 0 Å². The summed E-state index contributed by atoms with van der Waals surface area (Å²) in [7, 11) is -1.09. The molecule has 2 atom stereocenters. The Hall–Kier alpha value is -2.19. The molecule has 1 fully saturated rings. The molecule has 7 heteroatoms. The molecule has 1 saturated heterocycles. The number of benzene rings is 1. The van der Waals surface area contributed by atoms with Crippen LogP contribution in [0.15, 0.2) is 48.8 Å². The van der Waals surface area contributed by atoms with Crippen molar-refractivity contribution in [1.82, 2.24) is 14.5 Å². The van der Waals surface area contributed by atoms with Gasteiger partial charge in [-0.05, 0) is 36.6 Å². The zero-order valence-electron chi connectivity index (χ0n) is 21.7. The van der Waals surface area contributed by atoms with E-state index < -0.39 is 8.07 Å². The van der Waals surface area contributed by atoms with Crippen molar-refractivity contribution in [3.05, 3.63) is 59.9 Å². The summed E-state index contributed by atoms with van der Waals surface area (Å²) in [5, 5.41) is 1.21. The third kappa shape index (κ3) is 5.64. The normalized spacial score (nSPS) is 21.4. The Balaban J connectivity index is 1.36. The second-order valence-electron chi connectivity index (χ2n) is 11.5. The molecule has 0 aliphatic carbocycles. The Labute approximate surface area is 210 Å². The average Bonchev–Trinajstić information content (AvgIpc) is 3.26. The Bertz CT molecular complexity index is 1130. The fraction of sp³-hybridized carbons (Fsp3) is 0.536. The lowest BCUT2D eigenvalue weighted by Gasteiger charge is -2.46. The van der Waals surface area contributed by atoms with Crippen molar-refractivity contribution in [3.8, 4) is 0 Å². The predicted molar refractivity (Wildman–Crippen MR) is 145 cm³/mol. The van der Waals surface area contributed by atoms with Gasteiger partial charge in [-0.25, -0.2) is 4.98 Å². The van der Waals surface area contributed by atoms with Crippen LogP contribution in [-0.2, 0) is 29.4 Å². The van der Waals surface area contributed by atoms with Crippen molar-refractivity contribution in [1.29, 1.82) is 0 Å². The van der Waals surface area contributed by atoms with E-state index in [0.29, 0.717) is 32.0 Å². The van der Waals surface area contributed by atoms with Gasteiger partial charge in [0, 0.05) is 57.2 Å². The quantitative estimate of drug-likeness (QED) is 0.304. The van der Waals surface area contributed by atoms with Crippen LogP contribution in [0.4, 0.5) is 5.69 Å². The summed E-state index contributed by atoms with van der Waals surface area (Å²) in [6.45, 7) is 15.4. The summed E-state index contributed by atoms with van der Waals surface area (Å²) in [6.07, 6.45) is 5.34. The van der Waals surface area contributed by atoms with Crippen LogP contribution in [0.25, 0.3) is 11.0 Å². The molecule has 3 aromatic rings. The number of hydrogen-bond acceptors (Lipinski definition) is 5. The molecule has 0 bridgehead atoms. The van der Waals surface area contributed by atoms with Crippen molar-refractivity contribution >= 4 is 24.8 Å². The number of fused-ring (bicyclic) bond motifs is 3. The van der Waals surface area contributed by atoms with Crippen LogP contribution in [0.3, 0.4) is 0 Å². The monoisotopic (exact) mass is 492 g/mol. The molecule has 1 unspecified atom stereocenters. The van der Waals surface area contributed by atoms with E-state index in [0.717, 1.165) is 31.9 Å². The lowest BCUT2D eigenvalue weighted by Crippen LogP contribution is -2.53. The maximum Gasteiger partial charge on any atom is 0.143 e. The van der Waals surface area contributed by atoms with E-state index >= 15 is 0 Å². The molecule has 0 radical (unpaired) electrons. The first-order valence-electron chi connectivity index (χ1n) is 13.0. The molecule has 2 aliphatic heterocycles. The van der Waals surface area contributed by atoms with Crippen LogP contribution in [0, 0.1) is 5.92 Å². The fourth-order valence-electron chi connectivity index (χ4n) is 5.34. The van der Waals surface area contributed by atoms with Crippen LogP contribution in [-0.4, -0.2) is 55.0 Å². The zero-order valence-corrected chi connectivity index (χ0v) is 22.7. The van der Waals surface area contributed by atoms with Crippen LogP contribution in [0.5, 0.6) is 0 Å². The van der Waals surface area contributed by atoms with E-state index in [4.69, 9.17) is 14.5 Å². The molecule has 4 heterocycles. The van der Waals surface area contributed by atoms with E-state index in [1.165, 1.54) is 34.7 Å². The summed E-state index contributed by atoms with van der Waals surface area (Å²) >= 11 is 0. The minimum absolute atomic E-state index is 0.411. The van der Waals surface area contributed by atoms with Crippen molar-refractivity contribution in [3.63, 3.8) is 0 Å². The van der Waals surface area contributed by atoms with Crippen molar-refractivity contribution in [2.45, 2.75) is 65.0 Å². The predicted octanol–water partition coefficient (Wildman–Crippen LogP) is 5.55. The van der Waals surface area contributed by atoms with Gasteiger partial charge >= 0.3 is 0 Å². The number of aromatic nitrogens is 2. The third-order valence-electron chi connectivity index (χ3n) is 7.49. The Morgan fingerprint density at radius 2 is 1.97 bits per heavy atom. The van der Waals surface area contributed by atoms with Gasteiger partial charge in [-0.15, -0.1) is 0 Å². The van der Waals surface area contributed by atoms with Gasteiger partial charge < -0.3 is 18.9 Å². The van der Waals surface area contributed by atoms with Crippen molar-refractivity contribution < 1.29 is 9.47 Å². The Morgan fingerprint density at radius 3 is 2.77 bits per heavy atom. The highest BCUT2D eigenvalue weighted by Gasteiger charge is 2.35. The van der Waals surface area contributed by atoms with E-state index in [2.05, 4.69) is 83.5 Å². The number of pyridine rings is 1. The summed E-state index contributed by atoms with van der Waals surface area (Å²) in [5.41, 5.74) is 4.89. The molecule has 6 nitrogen and oxygen atoms in total. The molecule has 188 valence electrons. The van der Waals surface area contributed by atoms with Crippen LogP contribution >= 0.6 is 0 Å². The maximum absolute atomic E-state index is 6.07. The molecule has 2 aromatic heterocycles. The van der Waals surface area contributed by atoms with Crippen molar-refractivity contribution in [2.24, 2.45) is 5.92 Å². The zero-order chi connectivity index (χ0) is 24.4. The first kappa shape index (κ1) is 24.5. The van der Waals surface area contributed by atoms with E-state index in [1.807, 2.05) is 6.20 Å². The lowest BCUT2D eigenvalue weighted by atomic mass is 9.91. The van der Waals surface area contributed by atoms with E-state index in [1.54, 1.807) is 0 Å². The molecule has 35 heavy (non-hydrogen) atoms. The Kier molecular flexibility index (Phi) is 7.30. The molecule has 0 spiro atoms. The smallest absolute Gasteiger partial charge is 0.143 e. The highest BCUT2D eigenvalue weighted by atomic mass is 28.3. The van der Waals surface area contributed by atoms with Crippen LogP contribution in [0.2, 0.25) is 25.7 Å². The standard InChI is InChI=1S/C28H40N4O2Si/c1-22-10-12-30(17-23-8-6-5-7-9-23)18-26(22)32-21-34-19-24-16-29-28-25(27(24)32)11-13-31(28)20-33-14-15-35(2,3)4/h5-9,11,13,16,22,26H,10,12,14-15,17-21H2,1-4H3/t22-,26?/m1/s1. The molecular formula is C28H40N4O2Si. The number of rotatable bonds is 8. The first-order valence-corrected chi connectivity index (χ1v) is 16.7. The molecular weight excluding hydrogens is 452 g/mol. The van der Waals surface area contributed by atoms with Gasteiger partial charge in [-0.1, -0.05) is 56.9 Å². The summed E-state index contributed by atoms with van der Waals surface area (Å²) < 4.78 is 14.3. The number of piperidine rings is 1. The molecule has 1 aromatic carbocycles. The van der Waals surface area contributed by atoms with Gasteiger partial charge in [-0.2, -0.15) is 0 Å². The number of anilines is 1. The van der Waals surface area contributed by atoms with Gasteiger partial charge in [0.2, 0.25) is 0 Å². The van der Waals surface area contributed by atoms with Gasteiger partial charge in [0.1, 0.15) is 19.1 Å². The molecule has 5 rings (SSSR count). The van der Waals surface area contributed by atoms with Gasteiger partial charge in [0.15, 0.2) is 0 Å². The lowest BCUT2D eigenvalue weighted by molar-refractivity contribution is 0.0800. The Morgan fingerprint density at radius 1 is 1.14 bits per heavy atom. The topological polar surface area (TPSA) is 42.8 Å². The minimum atomic E-state index is -1.09. The molecule has 2 aliphatic rings. The van der Waals surface area contributed by atoms with E-state index in [9.17, 15) is 0 Å². The summed E-state index contributed by atoms with van der Waals surface area (Å²) in [4.78, 5) is 9.94. The number of nitrogens with zero attached hydrogens (tertiary/aromatic N) is 4. The summed E-state index contributed by atoms with van der Waals surface area (Å²) in [6, 6.07) is 14.6. The second-order valence-corrected chi connectivity index (χ2v) is 17.1. The number of likely N-dealkylation sites (tertiary alicyclic amines) is 1. The fourth-order valence-corrected chi connectivity index (χ4v) is 6.10. The first-order chi connectivity index (χ1) is 16.9. The SMILES string of the molecule is C[C@@H]1CCN(Cc2ccccc2)CC1N1COCc2cnc3c(ccn3COCC[Si](C)(C)C)c21. The molecule has 0 amide bonds. The largest absolute Gasteiger partial charge is 0.361 e. The van der Waals surface area contributed by atoms with Crippen LogP contribution in [0.1, 0.15) is 24.5 Å². The third-order valence-corrected chi connectivity index (χ3v) is 9.19. The number of hydrogen-bond donors (Lipinski definition) is 0. The summed E-state index contributed by atoms with van der Waals surface area (Å²) in [5.74, 6) is 0.603. The highest BCUT2D eigenvalue weighted by Crippen LogP contribution is 2.37. The maximum atomic E-state index is 6.07. The minimum Gasteiger partial charge on any atom is -0.361 e. The van der Waals surface area contributed by atoms with Gasteiger partial charge in [0.05, 0.1) is 12.3 Å². The highest BCUT2D eigenvalue weighted by molar-refractivity contribution is 6.76. The van der Waals surface area contributed by atoms with Crippen molar-refractivity contribution in [2.75, 3.05) is 31.3 Å². The van der Waals surface area contributed by atoms with Crippen LogP contribution < -0.4 is 4.90 Å². The number of ether oxygens (including phenoxy) is 2. The average molecular weight is 493 g/mol. The van der Waals surface area contributed by atoms with Gasteiger partial charge in [-0.3, -0.25) is 4.90 Å².